The third-order valence-electron chi connectivity index (χ3n) is 5.70. The van der Waals surface area contributed by atoms with Crippen LogP contribution in [0, 0.1) is 11.7 Å². The smallest absolute Gasteiger partial charge is 0.243 e. The molecule has 1 fully saturated rings. The van der Waals surface area contributed by atoms with Crippen LogP contribution in [0.1, 0.15) is 17.7 Å². The number of thioether (sulfide) groups is 1. The molecule has 166 valence electrons. The molecule has 32 heavy (non-hydrogen) atoms. The Bertz CT molecular complexity index is 1270. The summed E-state index contributed by atoms with van der Waals surface area (Å²) < 4.78 is 40.0. The van der Waals surface area contributed by atoms with Crippen LogP contribution in [0.3, 0.4) is 0 Å². The highest BCUT2D eigenvalue weighted by molar-refractivity contribution is 7.98. The minimum atomic E-state index is -3.69. The van der Waals surface area contributed by atoms with Gasteiger partial charge in [-0.15, -0.1) is 23.1 Å². The molecule has 5 rings (SSSR count). The quantitative estimate of drug-likeness (QED) is 0.580. The van der Waals surface area contributed by atoms with Gasteiger partial charge >= 0.3 is 0 Å². The number of carbonyl (C=O) groups excluding carboxylic acids is 1. The van der Waals surface area contributed by atoms with Crippen molar-refractivity contribution in [2.45, 2.75) is 28.4 Å². The van der Waals surface area contributed by atoms with Crippen LogP contribution in [-0.2, 0) is 20.6 Å². The van der Waals surface area contributed by atoms with Crippen molar-refractivity contribution < 1.29 is 17.6 Å². The summed E-state index contributed by atoms with van der Waals surface area (Å²) in [6, 6.07) is 12.9. The maximum absolute atomic E-state index is 13.1. The van der Waals surface area contributed by atoms with Crippen LogP contribution in [0.5, 0.6) is 0 Å². The lowest BCUT2D eigenvalue weighted by Crippen LogP contribution is -2.41. The van der Waals surface area contributed by atoms with E-state index < -0.39 is 15.8 Å². The number of fused-ring (bicyclic) bond motifs is 3. The average molecular weight is 490 g/mol. The van der Waals surface area contributed by atoms with Crippen molar-refractivity contribution in [3.63, 3.8) is 0 Å². The Balaban J connectivity index is 1.23. The number of hydrogen-bond acceptors (Lipinski definition) is 6. The molecule has 0 spiro atoms. The molecule has 0 atom stereocenters. The Morgan fingerprint density at radius 1 is 1.09 bits per heavy atom. The molecule has 2 aliphatic heterocycles. The molecular weight excluding hydrogens is 469 g/mol. The molecule has 2 aliphatic rings. The molecule has 0 saturated carbocycles. The summed E-state index contributed by atoms with van der Waals surface area (Å²) in [5.74, 6) is -0.0575. The van der Waals surface area contributed by atoms with E-state index in [1.54, 1.807) is 11.8 Å². The van der Waals surface area contributed by atoms with E-state index in [2.05, 4.69) is 16.4 Å². The van der Waals surface area contributed by atoms with E-state index >= 15 is 0 Å². The Labute approximate surface area is 193 Å². The average Bonchev–Trinajstić information content (AvgIpc) is 3.22. The zero-order valence-electron chi connectivity index (χ0n) is 17.0. The number of piperidine rings is 1. The van der Waals surface area contributed by atoms with Crippen LogP contribution in [0.25, 0.3) is 11.3 Å². The topological polar surface area (TPSA) is 79.4 Å². The van der Waals surface area contributed by atoms with Crippen LogP contribution in [-0.4, -0.2) is 36.7 Å². The van der Waals surface area contributed by atoms with Crippen LogP contribution in [0.2, 0.25) is 0 Å². The largest absolute Gasteiger partial charge is 0.302 e. The molecule has 0 bridgehead atoms. The molecule has 10 heteroatoms. The van der Waals surface area contributed by atoms with Gasteiger partial charge in [0, 0.05) is 40.1 Å². The number of sulfonamides is 1. The van der Waals surface area contributed by atoms with Crippen molar-refractivity contribution in [2.24, 2.45) is 5.92 Å². The summed E-state index contributed by atoms with van der Waals surface area (Å²) >= 11 is 3.26. The number of halogens is 1. The van der Waals surface area contributed by atoms with E-state index in [4.69, 9.17) is 0 Å². The normalized spacial score (nSPS) is 16.9. The number of thiazole rings is 1. The zero-order chi connectivity index (χ0) is 22.3. The predicted octanol–water partition coefficient (Wildman–Crippen LogP) is 4.59. The van der Waals surface area contributed by atoms with Crippen LogP contribution in [0.15, 0.2) is 58.3 Å². The van der Waals surface area contributed by atoms with Crippen LogP contribution >= 0.6 is 23.1 Å². The first-order valence-electron chi connectivity index (χ1n) is 10.2. The summed E-state index contributed by atoms with van der Waals surface area (Å²) in [4.78, 5) is 19.9. The van der Waals surface area contributed by atoms with Gasteiger partial charge in [0.1, 0.15) is 5.82 Å². The van der Waals surface area contributed by atoms with Gasteiger partial charge in [-0.1, -0.05) is 18.2 Å². The minimum absolute atomic E-state index is 0.0633. The summed E-state index contributed by atoms with van der Waals surface area (Å²) in [5.41, 5.74) is 2.02. The van der Waals surface area contributed by atoms with Crippen molar-refractivity contribution in [1.29, 1.82) is 0 Å². The zero-order valence-corrected chi connectivity index (χ0v) is 19.4. The van der Waals surface area contributed by atoms with Gasteiger partial charge in [-0.2, -0.15) is 4.31 Å². The van der Waals surface area contributed by atoms with Crippen molar-refractivity contribution in [2.75, 3.05) is 18.4 Å². The molecule has 3 aromatic rings. The van der Waals surface area contributed by atoms with Gasteiger partial charge in [-0.05, 0) is 43.2 Å². The predicted molar refractivity (Wildman–Crippen MR) is 124 cm³/mol. The number of hydrogen-bond donors (Lipinski definition) is 1. The van der Waals surface area contributed by atoms with Gasteiger partial charge in [0.05, 0.1) is 10.6 Å². The Kier molecular flexibility index (Phi) is 5.79. The molecule has 0 aliphatic carbocycles. The third kappa shape index (κ3) is 4.07. The van der Waals surface area contributed by atoms with Gasteiger partial charge < -0.3 is 5.32 Å². The first-order valence-corrected chi connectivity index (χ1v) is 13.4. The Morgan fingerprint density at radius 2 is 1.81 bits per heavy atom. The van der Waals surface area contributed by atoms with E-state index in [0.717, 1.165) is 34.0 Å². The second-order valence-corrected chi connectivity index (χ2v) is 11.7. The van der Waals surface area contributed by atoms with E-state index in [0.29, 0.717) is 18.0 Å². The molecule has 2 aromatic carbocycles. The maximum atomic E-state index is 13.1. The molecule has 1 saturated heterocycles. The SMILES string of the molecule is O=C(Nc1nc2c(s1)CSc1ccccc1-2)C1CCN(S(=O)(=O)c2ccc(F)cc2)CC1. The van der Waals surface area contributed by atoms with Crippen molar-refractivity contribution in [1.82, 2.24) is 9.29 Å². The van der Waals surface area contributed by atoms with Gasteiger partial charge in [-0.3, -0.25) is 4.79 Å². The number of benzene rings is 2. The standard InChI is InChI=1S/C22H20FN3O3S3/c23-15-5-7-16(8-6-15)32(28,29)26-11-9-14(10-12-26)21(27)25-22-24-20-17-3-1-2-4-18(17)30-13-19(20)31-22/h1-8,14H,9-13H2,(H,24,25,27). The second kappa shape index (κ2) is 8.58. The van der Waals surface area contributed by atoms with E-state index in [1.807, 2.05) is 18.2 Å². The fourth-order valence-electron chi connectivity index (χ4n) is 3.97. The summed E-state index contributed by atoms with van der Waals surface area (Å²) in [6.07, 6.45) is 0.853. The van der Waals surface area contributed by atoms with Crippen LogP contribution in [0.4, 0.5) is 9.52 Å². The van der Waals surface area contributed by atoms with Crippen molar-refractivity contribution in [3.05, 3.63) is 59.2 Å². The molecule has 1 N–H and O–H groups in total. The molecule has 1 aromatic heterocycles. The molecule has 0 radical (unpaired) electrons. The first kappa shape index (κ1) is 21.6. The highest BCUT2D eigenvalue weighted by Gasteiger charge is 2.32. The van der Waals surface area contributed by atoms with Crippen LogP contribution < -0.4 is 5.32 Å². The molecule has 1 amide bonds. The Hall–Kier alpha value is -2.27. The minimum Gasteiger partial charge on any atom is -0.302 e. The number of anilines is 1. The lowest BCUT2D eigenvalue weighted by molar-refractivity contribution is -0.120. The number of nitrogens with one attached hydrogen (secondary N) is 1. The molecule has 3 heterocycles. The highest BCUT2D eigenvalue weighted by atomic mass is 32.2. The lowest BCUT2D eigenvalue weighted by atomic mass is 9.97. The summed E-state index contributed by atoms with van der Waals surface area (Å²) in [5, 5.41) is 3.52. The number of carbonyl (C=O) groups is 1. The van der Waals surface area contributed by atoms with Gasteiger partial charge in [0.25, 0.3) is 0 Å². The van der Waals surface area contributed by atoms with Gasteiger partial charge in [-0.25, -0.2) is 17.8 Å². The number of amides is 1. The fourth-order valence-corrected chi connectivity index (χ4v) is 7.54. The number of rotatable bonds is 4. The number of aromatic nitrogens is 1. The molecule has 0 unspecified atom stereocenters. The van der Waals surface area contributed by atoms with Gasteiger partial charge in [0.15, 0.2) is 5.13 Å². The molecular formula is C22H20FN3O3S3. The highest BCUT2D eigenvalue weighted by Crippen LogP contribution is 2.44. The summed E-state index contributed by atoms with van der Waals surface area (Å²) in [7, 11) is -3.69. The van der Waals surface area contributed by atoms with Crippen molar-refractivity contribution in [3.8, 4) is 11.3 Å². The monoisotopic (exact) mass is 489 g/mol. The molecule has 6 nitrogen and oxygen atoms in total. The van der Waals surface area contributed by atoms with Gasteiger partial charge in [0.2, 0.25) is 15.9 Å². The lowest BCUT2D eigenvalue weighted by Gasteiger charge is -2.30. The van der Waals surface area contributed by atoms with E-state index in [9.17, 15) is 17.6 Å². The van der Waals surface area contributed by atoms with E-state index in [1.165, 1.54) is 32.7 Å². The first-order chi connectivity index (χ1) is 15.4. The third-order valence-corrected chi connectivity index (χ3v) is 9.87. The van der Waals surface area contributed by atoms with E-state index in [-0.39, 0.29) is 29.8 Å². The number of nitrogens with zero attached hydrogens (tertiary/aromatic N) is 2. The fraction of sp³-hybridized carbons (Fsp3) is 0.273. The maximum Gasteiger partial charge on any atom is 0.243 e. The Morgan fingerprint density at radius 3 is 2.56 bits per heavy atom. The van der Waals surface area contributed by atoms with Crippen molar-refractivity contribution >= 4 is 44.2 Å². The summed E-state index contributed by atoms with van der Waals surface area (Å²) in [6.45, 7) is 0.492. The second-order valence-electron chi connectivity index (χ2n) is 7.70.